The molecular weight excluding hydrogens is 424 g/mol. The van der Waals surface area contributed by atoms with E-state index >= 15 is 0 Å². The Bertz CT molecular complexity index is 1160. The highest BCUT2D eigenvalue weighted by Gasteiger charge is 2.31. The molecule has 158 valence electrons. The molecule has 1 aromatic carbocycles. The summed E-state index contributed by atoms with van der Waals surface area (Å²) in [4.78, 5) is 27.9. The van der Waals surface area contributed by atoms with Crippen LogP contribution in [-0.2, 0) is 38.9 Å². The van der Waals surface area contributed by atoms with Gasteiger partial charge in [-0.25, -0.2) is 13.6 Å². The average Bonchev–Trinajstić information content (AvgIpc) is 3.04. The van der Waals surface area contributed by atoms with Crippen LogP contribution >= 0.6 is 11.3 Å². The molecule has 7 nitrogen and oxygen atoms in total. The molecule has 0 bridgehead atoms. The summed E-state index contributed by atoms with van der Waals surface area (Å²) < 4.78 is 22.8. The molecule has 1 aromatic heterocycles. The number of hydrogen-bond donors (Lipinski definition) is 3. The zero-order valence-electron chi connectivity index (χ0n) is 16.2. The van der Waals surface area contributed by atoms with E-state index in [1.54, 1.807) is 11.3 Å². The Morgan fingerprint density at radius 2 is 1.67 bits per heavy atom. The Morgan fingerprint density at radius 3 is 2.37 bits per heavy atom. The van der Waals surface area contributed by atoms with Crippen molar-refractivity contribution in [2.75, 3.05) is 5.32 Å². The maximum Gasteiger partial charge on any atom is 0.263 e. The highest BCUT2D eigenvalue weighted by molar-refractivity contribution is 7.89. The van der Waals surface area contributed by atoms with E-state index in [9.17, 15) is 23.1 Å². The van der Waals surface area contributed by atoms with Crippen molar-refractivity contribution >= 4 is 44.5 Å². The van der Waals surface area contributed by atoms with Crippen LogP contribution < -0.4 is 10.5 Å². The number of aliphatic hydroxyl groups is 1. The third-order valence-electron chi connectivity index (χ3n) is 5.47. The van der Waals surface area contributed by atoms with Crippen molar-refractivity contribution in [2.24, 2.45) is 5.14 Å². The lowest BCUT2D eigenvalue weighted by molar-refractivity contribution is -0.120. The van der Waals surface area contributed by atoms with Crippen molar-refractivity contribution in [3.63, 3.8) is 0 Å². The lowest BCUT2D eigenvalue weighted by Gasteiger charge is -2.17. The monoisotopic (exact) mass is 446 g/mol. The molecule has 4 N–H and O–H groups in total. The van der Waals surface area contributed by atoms with Crippen LogP contribution in [0.1, 0.15) is 46.6 Å². The van der Waals surface area contributed by atoms with Crippen molar-refractivity contribution in [2.45, 2.75) is 49.8 Å². The molecule has 0 radical (unpaired) electrons. The number of primary sulfonamides is 1. The number of hydrogen-bond acceptors (Lipinski definition) is 6. The Hall–Kier alpha value is -2.49. The van der Waals surface area contributed by atoms with Gasteiger partial charge in [-0.05, 0) is 68.4 Å². The van der Waals surface area contributed by atoms with Crippen LogP contribution in [0.3, 0.4) is 0 Å². The number of thiophene rings is 1. The highest BCUT2D eigenvalue weighted by atomic mass is 32.2. The lowest BCUT2D eigenvalue weighted by Crippen LogP contribution is -2.24. The van der Waals surface area contributed by atoms with Gasteiger partial charge in [-0.2, -0.15) is 0 Å². The van der Waals surface area contributed by atoms with Crippen molar-refractivity contribution in [1.82, 2.24) is 0 Å². The number of nitrogens with two attached hydrogens (primary N) is 1. The molecule has 0 atom stereocenters. The van der Waals surface area contributed by atoms with Gasteiger partial charge in [0, 0.05) is 27.4 Å². The molecule has 0 unspecified atom stereocenters. The van der Waals surface area contributed by atoms with Crippen molar-refractivity contribution in [3.05, 3.63) is 50.7 Å². The van der Waals surface area contributed by atoms with E-state index in [-0.39, 0.29) is 22.6 Å². The molecule has 1 amide bonds. The quantitative estimate of drug-likeness (QED) is 0.625. The second-order valence-corrected chi connectivity index (χ2v) is 10.3. The minimum absolute atomic E-state index is 0.0841. The number of amides is 1. The molecule has 2 aliphatic carbocycles. The smallest absolute Gasteiger partial charge is 0.263 e. The molecule has 2 aromatic rings. The third kappa shape index (κ3) is 3.92. The molecule has 0 fully saturated rings. The van der Waals surface area contributed by atoms with Gasteiger partial charge in [0.15, 0.2) is 5.78 Å². The van der Waals surface area contributed by atoms with E-state index in [0.717, 1.165) is 36.1 Å². The Kier molecular flexibility index (Phi) is 5.52. The first kappa shape index (κ1) is 20.8. The third-order valence-corrected chi connectivity index (χ3v) is 7.75. The van der Waals surface area contributed by atoms with Crippen molar-refractivity contribution in [3.8, 4) is 0 Å². The van der Waals surface area contributed by atoms with Crippen LogP contribution in [0.5, 0.6) is 0 Å². The molecule has 9 heteroatoms. The van der Waals surface area contributed by atoms with Gasteiger partial charge in [0.05, 0.1) is 4.90 Å². The number of aryl methyl sites for hydroxylation is 2. The second kappa shape index (κ2) is 7.98. The van der Waals surface area contributed by atoms with Crippen LogP contribution in [0, 0.1) is 0 Å². The molecule has 4 rings (SSSR count). The summed E-state index contributed by atoms with van der Waals surface area (Å²) in [6, 6.07) is 5.32. The number of rotatable bonds is 3. The number of sulfonamides is 1. The summed E-state index contributed by atoms with van der Waals surface area (Å²) >= 11 is 1.68. The van der Waals surface area contributed by atoms with Gasteiger partial charge in [-0.1, -0.05) is 0 Å². The molecule has 0 spiro atoms. The average molecular weight is 447 g/mol. The Morgan fingerprint density at radius 1 is 1.00 bits per heavy atom. The van der Waals surface area contributed by atoms with E-state index in [1.165, 1.54) is 29.1 Å². The normalized spacial score (nSPS) is 19.4. The second-order valence-electron chi connectivity index (χ2n) is 7.53. The molecule has 1 heterocycles. The van der Waals surface area contributed by atoms with Crippen molar-refractivity contribution in [1.29, 1.82) is 0 Å². The van der Waals surface area contributed by atoms with Gasteiger partial charge in [-0.15, -0.1) is 11.3 Å². The summed E-state index contributed by atoms with van der Waals surface area (Å²) in [7, 11) is -3.85. The van der Waals surface area contributed by atoms with E-state index in [1.807, 2.05) is 0 Å². The van der Waals surface area contributed by atoms with Gasteiger partial charge in [-0.3, -0.25) is 9.59 Å². The van der Waals surface area contributed by atoms with Crippen LogP contribution in [-0.4, -0.2) is 25.2 Å². The summed E-state index contributed by atoms with van der Waals surface area (Å²) in [6.45, 7) is 0. The SMILES string of the molecule is NS(=O)(=O)c1ccc(NC(=O)/C2=C(\O)c3c(sc4c3CCCC4)CCCC2=O)cc1. The Labute approximate surface area is 178 Å². The zero-order chi connectivity index (χ0) is 21.5. The molecule has 30 heavy (non-hydrogen) atoms. The zero-order valence-corrected chi connectivity index (χ0v) is 17.9. The summed E-state index contributed by atoms with van der Waals surface area (Å²) in [5.74, 6) is -1.34. The van der Waals surface area contributed by atoms with E-state index in [2.05, 4.69) is 5.32 Å². The first-order chi connectivity index (χ1) is 14.3. The van der Waals surface area contributed by atoms with Gasteiger partial charge in [0.25, 0.3) is 5.91 Å². The number of ketones is 1. The van der Waals surface area contributed by atoms with Gasteiger partial charge < -0.3 is 10.4 Å². The number of nitrogens with one attached hydrogen (secondary N) is 1. The first-order valence-corrected chi connectivity index (χ1v) is 12.2. The predicted molar refractivity (Wildman–Crippen MR) is 115 cm³/mol. The fourth-order valence-corrected chi connectivity index (χ4v) is 5.98. The fraction of sp³-hybridized carbons (Fsp3) is 0.333. The van der Waals surface area contributed by atoms with Crippen LogP contribution in [0.15, 0.2) is 34.7 Å². The predicted octanol–water partition coefficient (Wildman–Crippen LogP) is 3.09. The van der Waals surface area contributed by atoms with Crippen LogP contribution in [0.2, 0.25) is 0 Å². The molecule has 0 saturated heterocycles. The van der Waals surface area contributed by atoms with E-state index < -0.39 is 21.7 Å². The van der Waals surface area contributed by atoms with Crippen LogP contribution in [0.4, 0.5) is 5.69 Å². The molecule has 2 aliphatic rings. The van der Waals surface area contributed by atoms with Crippen molar-refractivity contribution < 1.29 is 23.1 Å². The van der Waals surface area contributed by atoms with E-state index in [4.69, 9.17) is 5.14 Å². The summed E-state index contributed by atoms with van der Waals surface area (Å²) in [6.07, 6.45) is 5.45. The lowest BCUT2D eigenvalue weighted by atomic mass is 9.89. The number of aliphatic hydroxyl groups excluding tert-OH is 1. The minimum Gasteiger partial charge on any atom is -0.506 e. The number of carbonyl (C=O) groups excluding carboxylic acids is 2. The summed E-state index contributed by atoms with van der Waals surface area (Å²) in [5, 5.41) is 18.7. The number of benzene rings is 1. The maximum absolute atomic E-state index is 12.9. The largest absolute Gasteiger partial charge is 0.506 e. The maximum atomic E-state index is 12.9. The molecule has 0 saturated carbocycles. The van der Waals surface area contributed by atoms with Gasteiger partial charge in [0.2, 0.25) is 10.0 Å². The number of anilines is 1. The topological polar surface area (TPSA) is 127 Å². The van der Waals surface area contributed by atoms with Gasteiger partial charge >= 0.3 is 0 Å². The Balaban J connectivity index is 1.71. The number of fused-ring (bicyclic) bond motifs is 3. The number of carbonyl (C=O) groups is 2. The number of Topliss-reactive ketones (excluding diaryl/α,β-unsaturated/α-hetero) is 1. The molecular formula is C21H22N2O5S2. The standard InChI is InChI=1S/C21H22N2O5S2/c22-30(27,28)13-10-8-12(9-11-13)23-21(26)19-15(24)5-3-7-17-18(20(19)25)14-4-1-2-6-16(14)29-17/h8-11,25H,1-7H2,(H,23,26)(H2,22,27,28)/b20-19-. The van der Waals surface area contributed by atoms with Crippen LogP contribution in [0.25, 0.3) is 5.76 Å². The van der Waals surface area contributed by atoms with E-state index in [0.29, 0.717) is 24.1 Å². The highest BCUT2D eigenvalue weighted by Crippen LogP contribution is 2.40. The summed E-state index contributed by atoms with van der Waals surface area (Å²) in [5.41, 5.74) is 1.79. The molecule has 0 aliphatic heterocycles. The minimum atomic E-state index is -3.85. The first-order valence-electron chi connectivity index (χ1n) is 9.80. The van der Waals surface area contributed by atoms with Gasteiger partial charge in [0.1, 0.15) is 11.3 Å². The fourth-order valence-electron chi connectivity index (χ4n) is 4.02.